The van der Waals surface area contributed by atoms with Crippen molar-refractivity contribution in [2.75, 3.05) is 33.8 Å². The van der Waals surface area contributed by atoms with Crippen LogP contribution in [0.2, 0.25) is 0 Å². The van der Waals surface area contributed by atoms with Crippen LogP contribution in [-0.4, -0.2) is 57.7 Å². The van der Waals surface area contributed by atoms with Gasteiger partial charge in [0.2, 0.25) is 10.0 Å². The third-order valence-corrected chi connectivity index (χ3v) is 7.74. The quantitative estimate of drug-likeness (QED) is 0.735. The van der Waals surface area contributed by atoms with Gasteiger partial charge in [-0.2, -0.15) is 0 Å². The minimum atomic E-state index is -3.42. The van der Waals surface area contributed by atoms with Gasteiger partial charge < -0.3 is 10.1 Å². The molecule has 1 N–H and O–H groups in total. The minimum Gasteiger partial charge on any atom is -0.469 e. The number of nitrogens with zero attached hydrogens (tertiary/aromatic N) is 1. The van der Waals surface area contributed by atoms with Crippen molar-refractivity contribution in [2.24, 2.45) is 11.8 Å². The van der Waals surface area contributed by atoms with Crippen LogP contribution < -0.4 is 5.32 Å². The van der Waals surface area contributed by atoms with Crippen molar-refractivity contribution in [1.29, 1.82) is 0 Å². The first-order valence-electron chi connectivity index (χ1n) is 8.72. The van der Waals surface area contributed by atoms with Gasteiger partial charge in [-0.25, -0.2) is 12.7 Å². The molecule has 1 aliphatic carbocycles. The van der Waals surface area contributed by atoms with E-state index in [4.69, 9.17) is 4.74 Å². The Morgan fingerprint density at radius 1 is 1.17 bits per heavy atom. The number of piperidine rings is 1. The molecule has 0 aromatic carbocycles. The summed E-state index contributed by atoms with van der Waals surface area (Å²) in [6.45, 7) is 2.15. The summed E-state index contributed by atoms with van der Waals surface area (Å²) in [5.74, 6) is -0.278. The molecule has 0 spiro atoms. The van der Waals surface area contributed by atoms with Crippen LogP contribution in [0.1, 0.15) is 44.9 Å². The van der Waals surface area contributed by atoms with Crippen LogP contribution in [0, 0.1) is 11.8 Å². The topological polar surface area (TPSA) is 75.7 Å². The summed E-state index contributed by atoms with van der Waals surface area (Å²) in [4.78, 5) is 12.0. The van der Waals surface area contributed by atoms with E-state index in [0.717, 1.165) is 38.6 Å². The van der Waals surface area contributed by atoms with E-state index >= 15 is 0 Å². The zero-order valence-corrected chi connectivity index (χ0v) is 15.1. The highest BCUT2D eigenvalue weighted by atomic mass is 32.2. The van der Waals surface area contributed by atoms with Gasteiger partial charge in [0.15, 0.2) is 0 Å². The van der Waals surface area contributed by atoms with Crippen LogP contribution in [-0.2, 0) is 19.6 Å². The van der Waals surface area contributed by atoms with E-state index in [2.05, 4.69) is 5.32 Å². The standard InChI is InChI=1S/C16H30N2O4S/c1-17-10-7-13-8-11-18(12-9-13)23(20,21)15-6-4-3-5-14(15)16(19)22-2/h13-15,17H,3-12H2,1-2H3. The second-order valence-corrected chi connectivity index (χ2v) is 8.88. The van der Waals surface area contributed by atoms with Gasteiger partial charge >= 0.3 is 5.97 Å². The Labute approximate surface area is 140 Å². The number of carbonyl (C=O) groups excluding carboxylic acids is 1. The molecule has 1 saturated heterocycles. The maximum Gasteiger partial charge on any atom is 0.310 e. The lowest BCUT2D eigenvalue weighted by Crippen LogP contribution is -2.48. The molecule has 1 saturated carbocycles. The second-order valence-electron chi connectivity index (χ2n) is 6.73. The molecule has 0 aromatic heterocycles. The second kappa shape index (κ2) is 8.44. The SMILES string of the molecule is CNCCC1CCN(S(=O)(=O)C2CCCCC2C(=O)OC)CC1. The third kappa shape index (κ3) is 4.45. The summed E-state index contributed by atoms with van der Waals surface area (Å²) < 4.78 is 32.5. The fourth-order valence-electron chi connectivity index (χ4n) is 3.87. The average molecular weight is 346 g/mol. The molecule has 0 aromatic rings. The number of hydrogen-bond acceptors (Lipinski definition) is 5. The highest BCUT2D eigenvalue weighted by molar-refractivity contribution is 7.89. The normalized spacial score (nSPS) is 27.7. The maximum absolute atomic E-state index is 13.0. The molecule has 2 aliphatic rings. The Hall–Kier alpha value is -0.660. The molecule has 2 fully saturated rings. The van der Waals surface area contributed by atoms with E-state index in [0.29, 0.717) is 31.8 Å². The number of rotatable bonds is 6. The number of hydrogen-bond donors (Lipinski definition) is 1. The van der Waals surface area contributed by atoms with Gasteiger partial charge in [-0.05, 0) is 51.6 Å². The lowest BCUT2D eigenvalue weighted by Gasteiger charge is -2.37. The Morgan fingerprint density at radius 3 is 2.43 bits per heavy atom. The van der Waals surface area contributed by atoms with Crippen molar-refractivity contribution in [3.63, 3.8) is 0 Å². The summed E-state index contributed by atoms with van der Waals surface area (Å²) in [6.07, 6.45) is 5.89. The Balaban J connectivity index is 2.01. The largest absolute Gasteiger partial charge is 0.469 e. The van der Waals surface area contributed by atoms with Crippen LogP contribution in [0.4, 0.5) is 0 Å². The van der Waals surface area contributed by atoms with Crippen molar-refractivity contribution in [3.8, 4) is 0 Å². The molecule has 7 heteroatoms. The Morgan fingerprint density at radius 2 is 1.83 bits per heavy atom. The van der Waals surface area contributed by atoms with Crippen molar-refractivity contribution in [1.82, 2.24) is 9.62 Å². The molecule has 134 valence electrons. The van der Waals surface area contributed by atoms with E-state index < -0.39 is 21.2 Å². The first-order valence-corrected chi connectivity index (χ1v) is 10.2. The molecule has 1 heterocycles. The number of sulfonamides is 1. The number of ether oxygens (including phenoxy) is 1. The summed E-state index contributed by atoms with van der Waals surface area (Å²) in [6, 6.07) is 0. The van der Waals surface area contributed by atoms with Gasteiger partial charge in [0.1, 0.15) is 0 Å². The summed E-state index contributed by atoms with van der Waals surface area (Å²) in [5.41, 5.74) is 0. The number of nitrogens with one attached hydrogen (secondary N) is 1. The highest BCUT2D eigenvalue weighted by Crippen LogP contribution is 2.34. The summed E-state index contributed by atoms with van der Waals surface area (Å²) in [5, 5.41) is 2.55. The van der Waals surface area contributed by atoms with Crippen molar-refractivity contribution >= 4 is 16.0 Å². The molecule has 6 nitrogen and oxygen atoms in total. The van der Waals surface area contributed by atoms with E-state index in [9.17, 15) is 13.2 Å². The van der Waals surface area contributed by atoms with Gasteiger partial charge in [0.25, 0.3) is 0 Å². The Kier molecular flexibility index (Phi) is 6.85. The van der Waals surface area contributed by atoms with Crippen molar-refractivity contribution in [2.45, 2.75) is 50.2 Å². The summed E-state index contributed by atoms with van der Waals surface area (Å²) >= 11 is 0. The number of esters is 1. The smallest absolute Gasteiger partial charge is 0.310 e. The monoisotopic (exact) mass is 346 g/mol. The molecular formula is C16H30N2O4S. The zero-order chi connectivity index (χ0) is 16.9. The van der Waals surface area contributed by atoms with Gasteiger partial charge in [-0.15, -0.1) is 0 Å². The molecule has 1 aliphatic heterocycles. The molecule has 2 rings (SSSR count). The van der Waals surface area contributed by atoms with Crippen LogP contribution >= 0.6 is 0 Å². The lowest BCUT2D eigenvalue weighted by atomic mass is 9.89. The fraction of sp³-hybridized carbons (Fsp3) is 0.938. The molecule has 0 bridgehead atoms. The predicted octanol–water partition coefficient (Wildman–Crippen LogP) is 1.37. The van der Waals surface area contributed by atoms with Crippen molar-refractivity contribution < 1.29 is 17.9 Å². The molecular weight excluding hydrogens is 316 g/mol. The van der Waals surface area contributed by atoms with Crippen LogP contribution in [0.3, 0.4) is 0 Å². The number of methoxy groups -OCH3 is 1. The first-order chi connectivity index (χ1) is 11.0. The third-order valence-electron chi connectivity index (χ3n) is 5.33. The van der Waals surface area contributed by atoms with E-state index in [1.54, 1.807) is 4.31 Å². The molecule has 23 heavy (non-hydrogen) atoms. The van der Waals surface area contributed by atoms with Crippen LogP contribution in [0.5, 0.6) is 0 Å². The van der Waals surface area contributed by atoms with Gasteiger partial charge in [0, 0.05) is 13.1 Å². The molecule has 2 atom stereocenters. The van der Waals surface area contributed by atoms with Gasteiger partial charge in [-0.3, -0.25) is 4.79 Å². The fourth-order valence-corrected chi connectivity index (χ4v) is 6.10. The van der Waals surface area contributed by atoms with Crippen LogP contribution in [0.25, 0.3) is 0 Å². The van der Waals surface area contributed by atoms with E-state index in [1.165, 1.54) is 7.11 Å². The molecule has 0 radical (unpaired) electrons. The summed E-state index contributed by atoms with van der Waals surface area (Å²) in [7, 11) is -0.135. The van der Waals surface area contributed by atoms with Gasteiger partial charge in [0.05, 0.1) is 18.3 Å². The molecule has 0 amide bonds. The minimum absolute atomic E-state index is 0.373. The van der Waals surface area contributed by atoms with Gasteiger partial charge in [-0.1, -0.05) is 12.8 Å². The maximum atomic E-state index is 13.0. The van der Waals surface area contributed by atoms with Crippen LogP contribution in [0.15, 0.2) is 0 Å². The lowest BCUT2D eigenvalue weighted by molar-refractivity contribution is -0.146. The first kappa shape index (κ1) is 18.7. The number of carbonyl (C=O) groups is 1. The highest BCUT2D eigenvalue weighted by Gasteiger charge is 2.43. The Bertz CT molecular complexity index is 486. The molecule has 2 unspecified atom stereocenters. The predicted molar refractivity (Wildman–Crippen MR) is 89.5 cm³/mol. The average Bonchev–Trinajstić information content (AvgIpc) is 2.59. The van der Waals surface area contributed by atoms with E-state index in [1.807, 2.05) is 7.05 Å². The zero-order valence-electron chi connectivity index (χ0n) is 14.3. The van der Waals surface area contributed by atoms with E-state index in [-0.39, 0.29) is 5.97 Å². The van der Waals surface area contributed by atoms with Crippen molar-refractivity contribution in [3.05, 3.63) is 0 Å².